The zero-order valence-electron chi connectivity index (χ0n) is 13.5. The van der Waals surface area contributed by atoms with Crippen molar-refractivity contribution in [2.24, 2.45) is 5.10 Å². The summed E-state index contributed by atoms with van der Waals surface area (Å²) in [7, 11) is 1.71. The Balaban J connectivity index is 2.00. The van der Waals surface area contributed by atoms with Crippen molar-refractivity contribution < 1.29 is 4.39 Å². The van der Waals surface area contributed by atoms with Gasteiger partial charge >= 0.3 is 0 Å². The second-order valence-corrected chi connectivity index (χ2v) is 5.58. The summed E-state index contributed by atoms with van der Waals surface area (Å²) in [5, 5.41) is 11.9. The van der Waals surface area contributed by atoms with E-state index in [9.17, 15) is 4.39 Å². The molecule has 0 amide bonds. The molecule has 1 aromatic heterocycles. The number of hydrazone groups is 1. The van der Waals surface area contributed by atoms with E-state index in [0.717, 1.165) is 16.8 Å². The lowest BCUT2D eigenvalue weighted by molar-refractivity contribution is 0.628. The van der Waals surface area contributed by atoms with E-state index in [2.05, 4.69) is 20.9 Å². The summed E-state index contributed by atoms with van der Waals surface area (Å²) in [6.07, 6.45) is 3.50. The van der Waals surface area contributed by atoms with Crippen LogP contribution in [0.2, 0.25) is 0 Å². The van der Waals surface area contributed by atoms with Crippen molar-refractivity contribution >= 4 is 23.5 Å². The minimum Gasteiger partial charge on any atom is -0.364 e. The fraction of sp³-hybridized carbons (Fsp3) is 0.0556. The Morgan fingerprint density at radius 1 is 1.16 bits per heavy atom. The van der Waals surface area contributed by atoms with Gasteiger partial charge in [0.25, 0.3) is 0 Å². The molecule has 25 heavy (non-hydrogen) atoms. The Labute approximate surface area is 150 Å². The maximum Gasteiger partial charge on any atom is 0.186 e. The van der Waals surface area contributed by atoms with E-state index in [-0.39, 0.29) is 5.82 Å². The van der Waals surface area contributed by atoms with Crippen molar-refractivity contribution in [3.63, 3.8) is 0 Å². The molecular weight excluding hydrogens is 337 g/mol. The van der Waals surface area contributed by atoms with Gasteiger partial charge in [-0.15, -0.1) is 0 Å². The monoisotopic (exact) mass is 353 g/mol. The number of nitrogens with one attached hydrogen (secondary N) is 2. The van der Waals surface area contributed by atoms with E-state index in [4.69, 9.17) is 12.2 Å². The van der Waals surface area contributed by atoms with Gasteiger partial charge in [0, 0.05) is 24.4 Å². The zero-order valence-corrected chi connectivity index (χ0v) is 14.3. The third-order valence-electron chi connectivity index (χ3n) is 3.48. The highest BCUT2D eigenvalue weighted by molar-refractivity contribution is 7.80. The lowest BCUT2D eigenvalue weighted by Crippen LogP contribution is -2.28. The molecule has 2 N–H and O–H groups in total. The molecule has 0 aliphatic carbocycles. The summed E-state index contributed by atoms with van der Waals surface area (Å²) in [5.74, 6) is -0.289. The largest absolute Gasteiger partial charge is 0.364 e. The predicted molar refractivity (Wildman–Crippen MR) is 101 cm³/mol. The molecule has 0 fully saturated rings. The van der Waals surface area contributed by atoms with Crippen LogP contribution in [0.1, 0.15) is 5.56 Å². The van der Waals surface area contributed by atoms with Crippen LogP contribution in [0.5, 0.6) is 0 Å². The number of rotatable bonds is 4. The molecular formula is C18H16FN5S. The first-order chi connectivity index (χ1) is 12.2. The minimum atomic E-state index is -0.289. The van der Waals surface area contributed by atoms with Gasteiger partial charge < -0.3 is 5.32 Å². The maximum atomic E-state index is 13.2. The summed E-state index contributed by atoms with van der Waals surface area (Å²) in [6.45, 7) is 0. The van der Waals surface area contributed by atoms with Crippen LogP contribution in [0.4, 0.5) is 4.39 Å². The van der Waals surface area contributed by atoms with Crippen molar-refractivity contribution in [2.75, 3.05) is 7.05 Å². The van der Waals surface area contributed by atoms with Crippen molar-refractivity contribution in [2.45, 2.75) is 0 Å². The molecule has 0 spiro atoms. The molecule has 0 radical (unpaired) electrons. The molecule has 0 atom stereocenters. The number of benzene rings is 2. The van der Waals surface area contributed by atoms with Gasteiger partial charge in [-0.2, -0.15) is 10.2 Å². The average molecular weight is 353 g/mol. The molecule has 0 aliphatic heterocycles. The van der Waals surface area contributed by atoms with Crippen LogP contribution in [0.15, 0.2) is 65.9 Å². The quantitative estimate of drug-likeness (QED) is 0.430. The molecule has 0 aliphatic rings. The second-order valence-electron chi connectivity index (χ2n) is 5.17. The lowest BCUT2D eigenvalue weighted by Gasteiger charge is -2.01. The fourth-order valence-electron chi connectivity index (χ4n) is 2.24. The minimum absolute atomic E-state index is 0.289. The Bertz CT molecular complexity index is 888. The summed E-state index contributed by atoms with van der Waals surface area (Å²) < 4.78 is 15.0. The van der Waals surface area contributed by atoms with Crippen molar-refractivity contribution in [3.05, 3.63) is 72.2 Å². The van der Waals surface area contributed by atoms with E-state index < -0.39 is 0 Å². The summed E-state index contributed by atoms with van der Waals surface area (Å²) in [6, 6.07) is 15.9. The topological polar surface area (TPSA) is 54.2 Å². The van der Waals surface area contributed by atoms with Crippen molar-refractivity contribution in [1.82, 2.24) is 20.5 Å². The normalized spacial score (nSPS) is 10.8. The van der Waals surface area contributed by atoms with Gasteiger partial charge in [-0.05, 0) is 48.6 Å². The van der Waals surface area contributed by atoms with E-state index in [1.54, 1.807) is 30.1 Å². The molecule has 0 saturated carbocycles. The molecule has 0 bridgehead atoms. The van der Waals surface area contributed by atoms with Crippen LogP contribution in [0.25, 0.3) is 16.9 Å². The van der Waals surface area contributed by atoms with Gasteiger partial charge in [0.1, 0.15) is 11.5 Å². The molecule has 5 nitrogen and oxygen atoms in total. The second kappa shape index (κ2) is 7.67. The molecule has 126 valence electrons. The van der Waals surface area contributed by atoms with Gasteiger partial charge in [0.15, 0.2) is 5.11 Å². The van der Waals surface area contributed by atoms with Gasteiger partial charge in [-0.3, -0.25) is 5.43 Å². The number of hydrogen-bond donors (Lipinski definition) is 2. The number of nitrogens with zero attached hydrogens (tertiary/aromatic N) is 3. The Kier molecular flexibility index (Phi) is 5.15. The van der Waals surface area contributed by atoms with Gasteiger partial charge in [-0.1, -0.05) is 18.2 Å². The van der Waals surface area contributed by atoms with Crippen molar-refractivity contribution in [3.8, 4) is 16.9 Å². The van der Waals surface area contributed by atoms with Crippen LogP contribution in [-0.2, 0) is 0 Å². The summed E-state index contributed by atoms with van der Waals surface area (Å²) in [5.41, 5.74) is 5.91. The highest BCUT2D eigenvalue weighted by Gasteiger charge is 2.11. The third kappa shape index (κ3) is 4.07. The first kappa shape index (κ1) is 16.8. The summed E-state index contributed by atoms with van der Waals surface area (Å²) >= 11 is 4.99. The molecule has 7 heteroatoms. The first-order valence-electron chi connectivity index (χ1n) is 7.59. The average Bonchev–Trinajstić information content (AvgIpc) is 3.07. The number of halogens is 1. The molecule has 0 unspecified atom stereocenters. The van der Waals surface area contributed by atoms with Crippen LogP contribution in [0, 0.1) is 5.82 Å². The van der Waals surface area contributed by atoms with Gasteiger partial charge in [0.05, 0.1) is 11.9 Å². The van der Waals surface area contributed by atoms with E-state index >= 15 is 0 Å². The van der Waals surface area contributed by atoms with Crippen molar-refractivity contribution in [1.29, 1.82) is 0 Å². The highest BCUT2D eigenvalue weighted by atomic mass is 32.1. The molecule has 2 aromatic carbocycles. The Morgan fingerprint density at radius 3 is 2.56 bits per heavy atom. The lowest BCUT2D eigenvalue weighted by atomic mass is 10.1. The van der Waals surface area contributed by atoms with Crippen LogP contribution >= 0.6 is 12.2 Å². The summed E-state index contributed by atoms with van der Waals surface area (Å²) in [4.78, 5) is 0. The smallest absolute Gasteiger partial charge is 0.186 e. The molecule has 1 heterocycles. The van der Waals surface area contributed by atoms with Gasteiger partial charge in [-0.25, -0.2) is 9.07 Å². The number of para-hydroxylation sites is 1. The van der Waals surface area contributed by atoms with Crippen LogP contribution in [-0.4, -0.2) is 28.2 Å². The van der Waals surface area contributed by atoms with E-state index in [1.807, 2.05) is 36.5 Å². The maximum absolute atomic E-state index is 13.2. The van der Waals surface area contributed by atoms with Crippen LogP contribution in [0.3, 0.4) is 0 Å². The number of hydrogen-bond acceptors (Lipinski definition) is 3. The zero-order chi connectivity index (χ0) is 17.6. The molecule has 3 rings (SSSR count). The standard InChI is InChI=1S/C18H16FN5S/c1-20-18(25)22-21-11-14-12-24(16-5-3-2-4-6-16)23-17(14)13-7-9-15(19)10-8-13/h2-12H,1H3,(H2,20,22,25)/b21-11-. The predicted octanol–water partition coefficient (Wildman–Crippen LogP) is 3.11. The third-order valence-corrected chi connectivity index (χ3v) is 3.77. The molecule has 3 aromatic rings. The first-order valence-corrected chi connectivity index (χ1v) is 8.00. The highest BCUT2D eigenvalue weighted by Crippen LogP contribution is 2.23. The SMILES string of the molecule is CNC(=S)N/N=C\c1cn(-c2ccccc2)nc1-c1ccc(F)cc1. The Hall–Kier alpha value is -3.06. The Morgan fingerprint density at radius 2 is 1.88 bits per heavy atom. The fourth-order valence-corrected chi connectivity index (χ4v) is 2.30. The number of thiocarbonyl (C=S) groups is 1. The van der Waals surface area contributed by atoms with E-state index in [1.165, 1.54) is 12.1 Å². The van der Waals surface area contributed by atoms with E-state index in [0.29, 0.717) is 10.8 Å². The molecule has 0 saturated heterocycles. The van der Waals surface area contributed by atoms with Crippen LogP contribution < -0.4 is 10.7 Å². The van der Waals surface area contributed by atoms with Gasteiger partial charge in [0.2, 0.25) is 0 Å². The number of aromatic nitrogens is 2.